The predicted molar refractivity (Wildman–Crippen MR) is 100 cm³/mol. The molecule has 4 bridgehead atoms. The van der Waals surface area contributed by atoms with E-state index in [4.69, 9.17) is 4.74 Å². The minimum absolute atomic E-state index is 0.0827. The van der Waals surface area contributed by atoms with Gasteiger partial charge in [0.25, 0.3) is 0 Å². The first kappa shape index (κ1) is 20.2. The van der Waals surface area contributed by atoms with E-state index in [2.05, 4.69) is 0 Å². The Labute approximate surface area is 166 Å². The van der Waals surface area contributed by atoms with Crippen LogP contribution in [0.5, 0.6) is 0 Å². The molecule has 5 fully saturated rings. The highest BCUT2D eigenvalue weighted by molar-refractivity contribution is 8.21. The zero-order valence-electron chi connectivity index (χ0n) is 15.7. The average molecular weight is 425 g/mol. The maximum absolute atomic E-state index is 13.1. The molecular weight excluding hydrogens is 397 g/mol. The van der Waals surface area contributed by atoms with Gasteiger partial charge >= 0.3 is 12.1 Å². The molecule has 4 aliphatic carbocycles. The lowest BCUT2D eigenvalue weighted by atomic mass is 9.49. The molecular formula is C19H27F3O3S2. The fraction of sp³-hybridized carbons (Fsp3) is 0.947. The summed E-state index contributed by atoms with van der Waals surface area (Å²) in [6.07, 6.45) is 0.0116. The van der Waals surface area contributed by atoms with Crippen molar-refractivity contribution in [1.82, 2.24) is 0 Å². The van der Waals surface area contributed by atoms with E-state index in [-0.39, 0.29) is 15.9 Å². The summed E-state index contributed by atoms with van der Waals surface area (Å²) in [4.78, 5) is 13.0. The Kier molecular flexibility index (Phi) is 4.83. The van der Waals surface area contributed by atoms with E-state index < -0.39 is 29.6 Å². The number of aliphatic hydroxyl groups excluding tert-OH is 1. The summed E-state index contributed by atoms with van der Waals surface area (Å²) >= 11 is 3.84. The van der Waals surface area contributed by atoms with Crippen molar-refractivity contribution in [3.05, 3.63) is 0 Å². The first-order valence-corrected chi connectivity index (χ1v) is 11.5. The number of carbonyl (C=O) groups excluding carboxylic acids is 1. The zero-order chi connectivity index (χ0) is 19.7. The van der Waals surface area contributed by atoms with Crippen LogP contribution >= 0.6 is 23.5 Å². The van der Waals surface area contributed by atoms with Gasteiger partial charge in [0.15, 0.2) is 0 Å². The van der Waals surface area contributed by atoms with Crippen molar-refractivity contribution in [1.29, 1.82) is 0 Å². The Morgan fingerprint density at radius 1 is 1.19 bits per heavy atom. The number of ether oxygens (including phenoxy) is 1. The zero-order valence-corrected chi connectivity index (χ0v) is 17.3. The molecule has 27 heavy (non-hydrogen) atoms. The number of thioether (sulfide) groups is 2. The highest BCUT2D eigenvalue weighted by Gasteiger charge is 2.67. The third-order valence-electron chi connectivity index (χ3n) is 7.14. The number of alkyl halides is 3. The normalized spacial score (nSPS) is 43.5. The molecule has 0 aromatic heterocycles. The topological polar surface area (TPSA) is 46.5 Å². The molecule has 154 valence electrons. The molecule has 1 spiro atoms. The lowest BCUT2D eigenvalue weighted by Crippen LogP contribution is -2.60. The van der Waals surface area contributed by atoms with Gasteiger partial charge in [-0.3, -0.25) is 4.79 Å². The van der Waals surface area contributed by atoms with Crippen molar-refractivity contribution in [3.8, 4) is 0 Å². The summed E-state index contributed by atoms with van der Waals surface area (Å²) in [5.41, 5.74) is -2.63. The Morgan fingerprint density at radius 3 is 2.33 bits per heavy atom. The monoisotopic (exact) mass is 424 g/mol. The standard InChI is InChI=1S/C19H27F3O3S2/c1-16(2,19(20,21)22)10-25-15(24)17-5-11-3-12(6-17)18(13(4-11)7-17)26-9-14(8-23)27-18/h11-14,23H,3-10H2,1-2H3. The number of rotatable bonds is 4. The summed E-state index contributed by atoms with van der Waals surface area (Å²) in [7, 11) is 0. The molecule has 3 nitrogen and oxygen atoms in total. The summed E-state index contributed by atoms with van der Waals surface area (Å²) in [5, 5.41) is 9.81. The number of hydrogen-bond donors (Lipinski definition) is 1. The third kappa shape index (κ3) is 3.12. The minimum Gasteiger partial charge on any atom is -0.464 e. The Morgan fingerprint density at radius 2 is 1.81 bits per heavy atom. The molecule has 1 aliphatic heterocycles. The molecule has 0 radical (unpaired) electrons. The first-order valence-electron chi connectivity index (χ1n) is 9.68. The second-order valence-electron chi connectivity index (χ2n) is 9.54. The minimum atomic E-state index is -4.39. The van der Waals surface area contributed by atoms with Crippen LogP contribution in [0.2, 0.25) is 0 Å². The van der Waals surface area contributed by atoms with Gasteiger partial charge in [0.2, 0.25) is 0 Å². The van der Waals surface area contributed by atoms with Crippen LogP contribution in [0.15, 0.2) is 0 Å². The lowest BCUT2D eigenvalue weighted by molar-refractivity contribution is -0.230. The smallest absolute Gasteiger partial charge is 0.397 e. The van der Waals surface area contributed by atoms with Crippen LogP contribution in [0.4, 0.5) is 13.2 Å². The van der Waals surface area contributed by atoms with Gasteiger partial charge in [-0.15, -0.1) is 23.5 Å². The van der Waals surface area contributed by atoms with Gasteiger partial charge in [-0.1, -0.05) is 0 Å². The second kappa shape index (κ2) is 6.46. The second-order valence-corrected chi connectivity index (χ2v) is 12.7. The summed E-state index contributed by atoms with van der Waals surface area (Å²) in [6, 6.07) is 0. The van der Waals surface area contributed by atoms with E-state index in [9.17, 15) is 23.1 Å². The van der Waals surface area contributed by atoms with Crippen molar-refractivity contribution in [2.45, 2.75) is 61.5 Å². The SMILES string of the molecule is CC(C)(COC(=O)C12CC3CC(C1)C1(SCC(CO)S1)C(C3)C2)C(F)(F)F. The van der Waals surface area contributed by atoms with E-state index in [0.717, 1.165) is 51.7 Å². The summed E-state index contributed by atoms with van der Waals surface area (Å²) in [5.74, 6) is 1.78. The van der Waals surface area contributed by atoms with Gasteiger partial charge in [-0.25, -0.2) is 0 Å². The lowest BCUT2D eigenvalue weighted by Gasteiger charge is -2.62. The van der Waals surface area contributed by atoms with Crippen molar-refractivity contribution in [3.63, 3.8) is 0 Å². The van der Waals surface area contributed by atoms with Crippen LogP contribution in [0.25, 0.3) is 0 Å². The number of carbonyl (C=O) groups is 1. The van der Waals surface area contributed by atoms with Crippen LogP contribution in [0, 0.1) is 28.6 Å². The average Bonchev–Trinajstić information content (AvgIpc) is 3.01. The Hall–Kier alpha value is -0.0800. The van der Waals surface area contributed by atoms with Crippen molar-refractivity contribution < 1.29 is 27.8 Å². The van der Waals surface area contributed by atoms with E-state index >= 15 is 0 Å². The fourth-order valence-electron chi connectivity index (χ4n) is 5.73. The third-order valence-corrected chi connectivity index (χ3v) is 11.4. The number of esters is 1. The maximum atomic E-state index is 13.1. The van der Waals surface area contributed by atoms with Crippen LogP contribution in [-0.4, -0.2) is 45.5 Å². The van der Waals surface area contributed by atoms with Gasteiger partial charge in [0.05, 0.1) is 21.5 Å². The highest BCUT2D eigenvalue weighted by Crippen LogP contribution is 2.73. The Balaban J connectivity index is 1.49. The van der Waals surface area contributed by atoms with Crippen LogP contribution in [0.3, 0.4) is 0 Å². The molecule has 8 heteroatoms. The largest absolute Gasteiger partial charge is 0.464 e. The van der Waals surface area contributed by atoms with Gasteiger partial charge in [-0.05, 0) is 63.7 Å². The predicted octanol–water partition coefficient (Wildman–Crippen LogP) is 4.48. The van der Waals surface area contributed by atoms with Crippen molar-refractivity contribution in [2.24, 2.45) is 28.6 Å². The van der Waals surface area contributed by atoms with Crippen LogP contribution < -0.4 is 0 Å². The molecule has 1 heterocycles. The molecule has 4 saturated carbocycles. The van der Waals surface area contributed by atoms with Crippen LogP contribution in [-0.2, 0) is 9.53 Å². The van der Waals surface area contributed by atoms with Gasteiger partial charge in [0, 0.05) is 11.0 Å². The van der Waals surface area contributed by atoms with Crippen molar-refractivity contribution in [2.75, 3.05) is 19.0 Å². The van der Waals surface area contributed by atoms with Gasteiger partial charge in [0.1, 0.15) is 6.61 Å². The fourth-order valence-corrected chi connectivity index (χ4v) is 9.81. The van der Waals surface area contributed by atoms with Crippen LogP contribution in [0.1, 0.15) is 46.0 Å². The quantitative estimate of drug-likeness (QED) is 0.674. The molecule has 0 aromatic rings. The molecule has 0 amide bonds. The van der Waals surface area contributed by atoms with E-state index in [1.165, 1.54) is 0 Å². The molecule has 3 atom stereocenters. The van der Waals surface area contributed by atoms with Gasteiger partial charge in [-0.2, -0.15) is 13.2 Å². The number of halogens is 3. The molecule has 1 N–H and O–H groups in total. The first-order chi connectivity index (χ1) is 12.5. The summed E-state index contributed by atoms with van der Waals surface area (Å²) < 4.78 is 44.7. The van der Waals surface area contributed by atoms with E-state index in [1.807, 2.05) is 23.5 Å². The van der Waals surface area contributed by atoms with E-state index in [0.29, 0.717) is 17.8 Å². The molecule has 0 aromatic carbocycles. The number of aliphatic hydroxyl groups is 1. The number of hydrogen-bond acceptors (Lipinski definition) is 5. The molecule has 1 saturated heterocycles. The molecule has 5 aliphatic rings. The van der Waals surface area contributed by atoms with E-state index in [1.54, 1.807) is 0 Å². The Bertz CT molecular complexity index is 606. The maximum Gasteiger partial charge on any atom is 0.397 e. The van der Waals surface area contributed by atoms with Gasteiger partial charge < -0.3 is 9.84 Å². The van der Waals surface area contributed by atoms with Crippen molar-refractivity contribution >= 4 is 29.5 Å². The molecule has 3 unspecified atom stereocenters. The molecule has 5 rings (SSSR count). The highest BCUT2D eigenvalue weighted by atomic mass is 32.2. The summed E-state index contributed by atoms with van der Waals surface area (Å²) in [6.45, 7) is 1.73.